The molecule has 3 rings (SSSR count). The fourth-order valence-electron chi connectivity index (χ4n) is 1.84. The largest absolute Gasteiger partial charge is 0.452 e. The van der Waals surface area contributed by atoms with Crippen LogP contribution in [0.2, 0.25) is 5.02 Å². The van der Waals surface area contributed by atoms with Crippen LogP contribution in [0, 0.1) is 5.82 Å². The molecule has 0 aliphatic rings. The van der Waals surface area contributed by atoms with Gasteiger partial charge in [-0.1, -0.05) is 17.7 Å². The Morgan fingerprint density at radius 1 is 1.36 bits per heavy atom. The van der Waals surface area contributed by atoms with E-state index in [-0.39, 0.29) is 23.1 Å². The van der Waals surface area contributed by atoms with Gasteiger partial charge in [0.2, 0.25) is 0 Å². The number of nitrogens with zero attached hydrogens (tertiary/aromatic N) is 2. The van der Waals surface area contributed by atoms with E-state index in [9.17, 15) is 9.18 Å². The molecule has 0 atom stereocenters. The summed E-state index contributed by atoms with van der Waals surface area (Å²) in [5.41, 5.74) is 0.115. The van der Waals surface area contributed by atoms with Crippen LogP contribution in [0.3, 0.4) is 0 Å². The van der Waals surface area contributed by atoms with Crippen molar-refractivity contribution in [3.8, 4) is 10.8 Å². The van der Waals surface area contributed by atoms with E-state index in [0.717, 1.165) is 14.7 Å². The van der Waals surface area contributed by atoms with Gasteiger partial charge in [0.05, 0.1) is 13.7 Å². The highest BCUT2D eigenvalue weighted by atomic mass is 79.9. The molecule has 0 aliphatic heterocycles. The van der Waals surface area contributed by atoms with Gasteiger partial charge in [0.15, 0.2) is 6.61 Å². The van der Waals surface area contributed by atoms with Crippen molar-refractivity contribution in [2.24, 2.45) is 0 Å². The van der Waals surface area contributed by atoms with E-state index >= 15 is 0 Å². The second-order valence-corrected chi connectivity index (χ2v) is 7.55. The number of ether oxygens (including phenoxy) is 1. The maximum atomic E-state index is 13.6. The molecular formula is C16H9BrClFN2O3S. The molecule has 0 bridgehead atoms. The van der Waals surface area contributed by atoms with Crippen molar-refractivity contribution in [1.29, 1.82) is 0 Å². The lowest BCUT2D eigenvalue weighted by molar-refractivity contribution is -0.139. The third-order valence-electron chi connectivity index (χ3n) is 2.97. The minimum atomic E-state index is -0.682. The summed E-state index contributed by atoms with van der Waals surface area (Å²) >= 11 is 10.7. The molecule has 0 spiro atoms. The number of esters is 1. The van der Waals surface area contributed by atoms with Crippen molar-refractivity contribution in [2.75, 3.05) is 0 Å². The maximum Gasteiger partial charge on any atom is 0.331 e. The maximum absolute atomic E-state index is 13.6. The molecule has 5 nitrogen and oxygen atoms in total. The second kappa shape index (κ2) is 7.90. The SMILES string of the molecule is O=C(/C=C/c1c(F)cccc1Cl)OCc1nnc(-c2ccc(Br)s2)o1. The molecule has 3 aromatic rings. The van der Waals surface area contributed by atoms with Crippen molar-refractivity contribution >= 4 is 50.9 Å². The Labute approximate surface area is 159 Å². The van der Waals surface area contributed by atoms with Gasteiger partial charge in [0.1, 0.15) is 5.82 Å². The highest BCUT2D eigenvalue weighted by molar-refractivity contribution is 9.11. The first kappa shape index (κ1) is 17.8. The zero-order valence-corrected chi connectivity index (χ0v) is 15.6. The van der Waals surface area contributed by atoms with Gasteiger partial charge in [-0.15, -0.1) is 21.5 Å². The van der Waals surface area contributed by atoms with Gasteiger partial charge < -0.3 is 9.15 Å². The van der Waals surface area contributed by atoms with E-state index in [4.69, 9.17) is 20.8 Å². The van der Waals surface area contributed by atoms with E-state index in [1.165, 1.54) is 35.6 Å². The Bertz CT molecular complexity index is 921. The second-order valence-electron chi connectivity index (χ2n) is 4.68. The van der Waals surface area contributed by atoms with Crippen molar-refractivity contribution in [3.05, 3.63) is 62.5 Å². The quantitative estimate of drug-likeness (QED) is 0.405. The minimum absolute atomic E-state index is 0.115. The molecule has 9 heteroatoms. The third kappa shape index (κ3) is 4.53. The van der Waals surface area contributed by atoms with Crippen molar-refractivity contribution in [2.45, 2.75) is 6.61 Å². The number of rotatable bonds is 5. The Hall–Kier alpha value is -2.03. The smallest absolute Gasteiger partial charge is 0.331 e. The molecule has 25 heavy (non-hydrogen) atoms. The number of carbonyl (C=O) groups excluding carboxylic acids is 1. The molecule has 0 fully saturated rings. The van der Waals surface area contributed by atoms with Crippen LogP contribution in [0.5, 0.6) is 0 Å². The van der Waals surface area contributed by atoms with E-state index < -0.39 is 11.8 Å². The molecule has 1 aromatic carbocycles. The molecule has 0 amide bonds. The predicted octanol–water partition coefficient (Wildman–Crippen LogP) is 5.11. The van der Waals surface area contributed by atoms with Crippen LogP contribution in [-0.4, -0.2) is 16.2 Å². The summed E-state index contributed by atoms with van der Waals surface area (Å²) < 4.78 is 24.9. The summed E-state index contributed by atoms with van der Waals surface area (Å²) in [6.07, 6.45) is 2.33. The fourth-order valence-corrected chi connectivity index (χ4v) is 3.38. The van der Waals surface area contributed by atoms with Crippen LogP contribution in [0.25, 0.3) is 16.8 Å². The molecule has 2 aromatic heterocycles. The van der Waals surface area contributed by atoms with Gasteiger partial charge in [-0.3, -0.25) is 0 Å². The molecule has 0 N–H and O–H groups in total. The van der Waals surface area contributed by atoms with Crippen LogP contribution < -0.4 is 0 Å². The lowest BCUT2D eigenvalue weighted by Crippen LogP contribution is -2.01. The molecule has 0 radical (unpaired) electrons. The zero-order valence-electron chi connectivity index (χ0n) is 12.4. The normalized spacial score (nSPS) is 11.2. The number of hydrogen-bond donors (Lipinski definition) is 0. The van der Waals surface area contributed by atoms with Gasteiger partial charge in [-0.2, -0.15) is 0 Å². The van der Waals surface area contributed by atoms with Crippen molar-refractivity contribution < 1.29 is 18.3 Å². The van der Waals surface area contributed by atoms with Crippen molar-refractivity contribution in [3.63, 3.8) is 0 Å². The van der Waals surface area contributed by atoms with E-state index in [1.54, 1.807) is 0 Å². The Kier molecular flexibility index (Phi) is 5.62. The highest BCUT2D eigenvalue weighted by Crippen LogP contribution is 2.30. The number of halogens is 3. The predicted molar refractivity (Wildman–Crippen MR) is 95.6 cm³/mol. The molecule has 0 unspecified atom stereocenters. The van der Waals surface area contributed by atoms with Crippen LogP contribution in [0.15, 0.2) is 44.6 Å². The lowest BCUT2D eigenvalue weighted by Gasteiger charge is -2.00. The third-order valence-corrected chi connectivity index (χ3v) is 4.92. The minimum Gasteiger partial charge on any atom is -0.452 e. The topological polar surface area (TPSA) is 65.2 Å². The van der Waals surface area contributed by atoms with E-state index in [1.807, 2.05) is 12.1 Å². The summed E-state index contributed by atoms with van der Waals surface area (Å²) in [7, 11) is 0. The summed E-state index contributed by atoms with van der Waals surface area (Å²) in [6, 6.07) is 7.95. The number of carbonyl (C=O) groups is 1. The summed E-state index contributed by atoms with van der Waals surface area (Å²) in [5, 5.41) is 7.91. The van der Waals surface area contributed by atoms with Gasteiger partial charge in [0, 0.05) is 11.6 Å². The Morgan fingerprint density at radius 3 is 2.92 bits per heavy atom. The number of benzene rings is 1. The summed E-state index contributed by atoms with van der Waals surface area (Å²) in [5.74, 6) is -0.709. The van der Waals surface area contributed by atoms with Crippen LogP contribution in [0.4, 0.5) is 4.39 Å². The first-order valence-corrected chi connectivity index (χ1v) is 8.88. The monoisotopic (exact) mass is 442 g/mol. The van der Waals surface area contributed by atoms with Crippen LogP contribution >= 0.6 is 38.9 Å². The van der Waals surface area contributed by atoms with E-state index in [2.05, 4.69) is 26.1 Å². The first-order chi connectivity index (χ1) is 12.0. The number of aromatic nitrogens is 2. The van der Waals surface area contributed by atoms with Crippen molar-refractivity contribution in [1.82, 2.24) is 10.2 Å². The highest BCUT2D eigenvalue weighted by Gasteiger charge is 2.12. The first-order valence-electron chi connectivity index (χ1n) is 6.90. The Morgan fingerprint density at radius 2 is 2.20 bits per heavy atom. The van der Waals surface area contributed by atoms with Gasteiger partial charge in [0.25, 0.3) is 11.8 Å². The van der Waals surface area contributed by atoms with Crippen LogP contribution in [-0.2, 0) is 16.1 Å². The fraction of sp³-hybridized carbons (Fsp3) is 0.0625. The molecule has 0 aliphatic carbocycles. The average molecular weight is 444 g/mol. The van der Waals surface area contributed by atoms with Crippen LogP contribution in [0.1, 0.15) is 11.5 Å². The summed E-state index contributed by atoms with van der Waals surface area (Å²) in [6.45, 7) is -0.187. The lowest BCUT2D eigenvalue weighted by atomic mass is 10.2. The standard InChI is InChI=1S/C16H9BrClFN2O3S/c17-13-6-5-12(25-13)16-21-20-14(24-16)8-23-15(22)7-4-9-10(18)2-1-3-11(9)19/h1-7H,8H2/b7-4+. The molecule has 0 saturated heterocycles. The Balaban J connectivity index is 1.59. The van der Waals surface area contributed by atoms with Gasteiger partial charge in [-0.25, -0.2) is 9.18 Å². The number of thiophene rings is 1. The molecule has 128 valence electrons. The van der Waals surface area contributed by atoms with Gasteiger partial charge >= 0.3 is 5.97 Å². The average Bonchev–Trinajstić information content (AvgIpc) is 3.21. The zero-order chi connectivity index (χ0) is 17.8. The number of hydrogen-bond acceptors (Lipinski definition) is 6. The van der Waals surface area contributed by atoms with Gasteiger partial charge in [-0.05, 0) is 46.3 Å². The van der Waals surface area contributed by atoms with E-state index in [0.29, 0.717) is 5.89 Å². The molecular weight excluding hydrogens is 435 g/mol. The molecule has 2 heterocycles. The summed E-state index contributed by atoms with van der Waals surface area (Å²) in [4.78, 5) is 12.5. The molecule has 0 saturated carbocycles.